The molecule has 6 nitrogen and oxygen atoms in total. The first-order chi connectivity index (χ1) is 11.1. The van der Waals surface area contributed by atoms with Crippen molar-refractivity contribution in [2.75, 3.05) is 6.54 Å². The minimum Gasteiger partial charge on any atom is -0.442 e. The van der Waals surface area contributed by atoms with Gasteiger partial charge >= 0.3 is 0 Å². The molecular weight excluding hydrogens is 314 g/mol. The van der Waals surface area contributed by atoms with Crippen molar-refractivity contribution in [3.05, 3.63) is 49.9 Å². The number of H-pyrrole nitrogens is 1. The predicted molar refractivity (Wildman–Crippen MR) is 86.8 cm³/mol. The molecule has 1 aliphatic heterocycles. The molecule has 3 aromatic rings. The molecule has 0 unspecified atom stereocenters. The summed E-state index contributed by atoms with van der Waals surface area (Å²) in [6.45, 7) is 4.35. The second kappa shape index (κ2) is 5.06. The molecule has 7 heteroatoms. The second-order valence-electron chi connectivity index (χ2n) is 5.67. The Labute approximate surface area is 135 Å². The third kappa shape index (κ3) is 2.03. The van der Waals surface area contributed by atoms with Gasteiger partial charge in [-0.05, 0) is 37.3 Å². The first-order valence-corrected chi connectivity index (χ1v) is 8.30. The number of aromatic amines is 1. The number of aromatic nitrogens is 2. The fourth-order valence-corrected chi connectivity index (χ4v) is 4.20. The molecule has 1 N–H and O–H groups in total. The first-order valence-electron chi connectivity index (χ1n) is 7.42. The lowest BCUT2D eigenvalue weighted by atomic mass is 10.00. The van der Waals surface area contributed by atoms with Crippen LogP contribution in [0.25, 0.3) is 11.1 Å². The fourth-order valence-electron chi connectivity index (χ4n) is 3.24. The highest BCUT2D eigenvalue weighted by atomic mass is 32.1. The van der Waals surface area contributed by atoms with Crippen LogP contribution in [-0.4, -0.2) is 27.3 Å². The smallest absolute Gasteiger partial charge is 0.262 e. The lowest BCUT2D eigenvalue weighted by molar-refractivity contribution is 0.0679. The van der Waals surface area contributed by atoms with Crippen LogP contribution in [0.1, 0.15) is 39.5 Å². The molecule has 1 amide bonds. The van der Waals surface area contributed by atoms with Gasteiger partial charge in [-0.3, -0.25) is 9.59 Å². The Bertz CT molecular complexity index is 969. The van der Waals surface area contributed by atoms with Gasteiger partial charge in [0.25, 0.3) is 11.5 Å². The normalized spacial score (nSPS) is 17.5. The molecule has 0 aromatic carbocycles. The number of carbonyl (C=O) groups is 1. The molecule has 0 radical (unpaired) electrons. The standard InChI is InChI=1S/C16H15N3O3S/c1-8-10-4-6-23-11(10)3-5-19(8)16(21)12-9(2)22-15-13(12)14(20)17-7-18-15/h4,6-8H,3,5H2,1-2H3,(H,17,18,20)/t8-/m1/s1. The molecule has 4 heterocycles. The van der Waals surface area contributed by atoms with E-state index < -0.39 is 0 Å². The molecule has 1 aliphatic rings. The SMILES string of the molecule is Cc1oc2nc[nH]c(=O)c2c1C(=O)N1CCc2sccc2[C@H]1C. The summed E-state index contributed by atoms with van der Waals surface area (Å²) in [6, 6.07) is 2.05. The second-order valence-corrected chi connectivity index (χ2v) is 6.67. The highest BCUT2D eigenvalue weighted by Crippen LogP contribution is 2.35. The van der Waals surface area contributed by atoms with E-state index in [2.05, 4.69) is 21.4 Å². The van der Waals surface area contributed by atoms with E-state index in [4.69, 9.17) is 4.42 Å². The zero-order chi connectivity index (χ0) is 16.1. The summed E-state index contributed by atoms with van der Waals surface area (Å²) >= 11 is 1.73. The topological polar surface area (TPSA) is 79.2 Å². The maximum Gasteiger partial charge on any atom is 0.262 e. The van der Waals surface area contributed by atoms with Crippen LogP contribution in [0.2, 0.25) is 0 Å². The van der Waals surface area contributed by atoms with Crippen molar-refractivity contribution >= 4 is 28.3 Å². The van der Waals surface area contributed by atoms with Crippen molar-refractivity contribution in [2.45, 2.75) is 26.3 Å². The van der Waals surface area contributed by atoms with Crippen molar-refractivity contribution in [1.29, 1.82) is 0 Å². The molecule has 0 spiro atoms. The summed E-state index contributed by atoms with van der Waals surface area (Å²) in [6.07, 6.45) is 2.12. The summed E-state index contributed by atoms with van der Waals surface area (Å²) in [7, 11) is 0. The summed E-state index contributed by atoms with van der Waals surface area (Å²) in [5.74, 6) is 0.251. The third-order valence-electron chi connectivity index (χ3n) is 4.42. The van der Waals surface area contributed by atoms with Gasteiger partial charge in [-0.1, -0.05) is 0 Å². The molecule has 0 bridgehead atoms. The number of nitrogens with one attached hydrogen (secondary N) is 1. The molecule has 0 aliphatic carbocycles. The summed E-state index contributed by atoms with van der Waals surface area (Å²) in [5, 5.41) is 2.29. The average Bonchev–Trinajstić information content (AvgIpc) is 3.12. The fraction of sp³-hybridized carbons (Fsp3) is 0.312. The van der Waals surface area contributed by atoms with Gasteiger partial charge in [0.05, 0.1) is 17.9 Å². The zero-order valence-corrected chi connectivity index (χ0v) is 13.6. The number of thiophene rings is 1. The Kier molecular flexibility index (Phi) is 3.12. The lowest BCUT2D eigenvalue weighted by Gasteiger charge is -2.33. The van der Waals surface area contributed by atoms with Crippen LogP contribution in [0.4, 0.5) is 0 Å². The van der Waals surface area contributed by atoms with E-state index >= 15 is 0 Å². The number of hydrogen-bond donors (Lipinski definition) is 1. The van der Waals surface area contributed by atoms with E-state index in [1.807, 2.05) is 6.92 Å². The van der Waals surface area contributed by atoms with Gasteiger partial charge < -0.3 is 14.3 Å². The van der Waals surface area contributed by atoms with Gasteiger partial charge in [0.2, 0.25) is 5.71 Å². The molecule has 23 heavy (non-hydrogen) atoms. The number of aryl methyl sites for hydroxylation is 1. The average molecular weight is 329 g/mol. The van der Waals surface area contributed by atoms with Crippen LogP contribution in [-0.2, 0) is 6.42 Å². The molecule has 3 aromatic heterocycles. The number of hydrogen-bond acceptors (Lipinski definition) is 5. The van der Waals surface area contributed by atoms with E-state index in [0.717, 1.165) is 6.42 Å². The van der Waals surface area contributed by atoms with Crippen molar-refractivity contribution in [3.63, 3.8) is 0 Å². The quantitative estimate of drug-likeness (QED) is 0.744. The third-order valence-corrected chi connectivity index (χ3v) is 5.42. The summed E-state index contributed by atoms with van der Waals surface area (Å²) < 4.78 is 5.50. The van der Waals surface area contributed by atoms with E-state index in [1.54, 1.807) is 23.2 Å². The monoisotopic (exact) mass is 329 g/mol. The number of rotatable bonds is 1. The zero-order valence-electron chi connectivity index (χ0n) is 12.8. The molecule has 0 fully saturated rings. The number of fused-ring (bicyclic) bond motifs is 2. The number of nitrogens with zero attached hydrogens (tertiary/aromatic N) is 2. The lowest BCUT2D eigenvalue weighted by Crippen LogP contribution is -2.38. The van der Waals surface area contributed by atoms with Gasteiger partial charge in [0.1, 0.15) is 11.1 Å². The van der Waals surface area contributed by atoms with Gasteiger partial charge in [0.15, 0.2) is 0 Å². The Hall–Kier alpha value is -2.41. The Morgan fingerprint density at radius 3 is 3.17 bits per heavy atom. The van der Waals surface area contributed by atoms with Crippen LogP contribution in [0, 0.1) is 6.92 Å². The summed E-state index contributed by atoms with van der Waals surface area (Å²) in [5.41, 5.74) is 1.36. The Morgan fingerprint density at radius 2 is 2.35 bits per heavy atom. The molecule has 4 rings (SSSR count). The molecule has 0 saturated heterocycles. The predicted octanol–water partition coefficient (Wildman–Crippen LogP) is 2.65. The molecular formula is C16H15N3O3S. The van der Waals surface area contributed by atoms with Crippen LogP contribution >= 0.6 is 11.3 Å². The van der Waals surface area contributed by atoms with Crippen molar-refractivity contribution < 1.29 is 9.21 Å². The Morgan fingerprint density at radius 1 is 1.52 bits per heavy atom. The van der Waals surface area contributed by atoms with E-state index in [-0.39, 0.29) is 28.6 Å². The van der Waals surface area contributed by atoms with E-state index in [9.17, 15) is 9.59 Å². The van der Waals surface area contributed by atoms with Crippen LogP contribution in [0.3, 0.4) is 0 Å². The van der Waals surface area contributed by atoms with Crippen molar-refractivity contribution in [1.82, 2.24) is 14.9 Å². The molecule has 118 valence electrons. The molecule has 0 saturated carbocycles. The first kappa shape index (κ1) is 14.2. The van der Waals surface area contributed by atoms with Gasteiger partial charge in [-0.15, -0.1) is 11.3 Å². The maximum absolute atomic E-state index is 13.1. The van der Waals surface area contributed by atoms with Gasteiger partial charge in [-0.25, -0.2) is 4.98 Å². The molecule has 1 atom stereocenters. The number of furan rings is 1. The number of amides is 1. The minimum absolute atomic E-state index is 0.0161. The van der Waals surface area contributed by atoms with Crippen LogP contribution in [0.15, 0.2) is 27.0 Å². The van der Waals surface area contributed by atoms with Gasteiger partial charge in [-0.2, -0.15) is 0 Å². The summed E-state index contributed by atoms with van der Waals surface area (Å²) in [4.78, 5) is 34.8. The van der Waals surface area contributed by atoms with Crippen LogP contribution < -0.4 is 5.56 Å². The van der Waals surface area contributed by atoms with Gasteiger partial charge in [0, 0.05) is 11.4 Å². The highest BCUT2D eigenvalue weighted by Gasteiger charge is 2.32. The van der Waals surface area contributed by atoms with Crippen molar-refractivity contribution in [2.24, 2.45) is 0 Å². The van der Waals surface area contributed by atoms with Crippen LogP contribution in [0.5, 0.6) is 0 Å². The maximum atomic E-state index is 13.1. The minimum atomic E-state index is -0.351. The van der Waals surface area contributed by atoms with E-state index in [1.165, 1.54) is 16.8 Å². The Balaban J connectivity index is 1.82. The largest absolute Gasteiger partial charge is 0.442 e. The van der Waals surface area contributed by atoms with Crippen molar-refractivity contribution in [3.8, 4) is 0 Å². The number of carbonyl (C=O) groups excluding carboxylic acids is 1. The highest BCUT2D eigenvalue weighted by molar-refractivity contribution is 7.10. The van der Waals surface area contributed by atoms with E-state index in [0.29, 0.717) is 17.9 Å².